The van der Waals surface area contributed by atoms with Gasteiger partial charge in [0.05, 0.1) is 12.3 Å². The zero-order valence-corrected chi connectivity index (χ0v) is 14.0. The summed E-state index contributed by atoms with van der Waals surface area (Å²) in [6.45, 7) is 2.59. The summed E-state index contributed by atoms with van der Waals surface area (Å²) in [7, 11) is 0. The molecule has 3 aromatic rings. The fraction of sp³-hybridized carbons (Fsp3) is 0.176. The molecule has 7 heteroatoms. The molecule has 0 aliphatic rings. The Hall–Kier alpha value is -2.67. The van der Waals surface area contributed by atoms with Crippen LogP contribution in [-0.2, 0) is 11.3 Å². The van der Waals surface area contributed by atoms with Gasteiger partial charge < -0.3 is 5.32 Å². The minimum absolute atomic E-state index is 0.0851. The zero-order chi connectivity index (χ0) is 16.8. The Labute approximate surface area is 144 Å². The van der Waals surface area contributed by atoms with Gasteiger partial charge in [-0.1, -0.05) is 59.8 Å². The quantitative estimate of drug-likeness (QED) is 0.699. The summed E-state index contributed by atoms with van der Waals surface area (Å²) >= 11 is 1.32. The molecule has 0 saturated heterocycles. The maximum atomic E-state index is 12.1. The number of rotatable bonds is 6. The number of thioether (sulfide) groups is 1. The van der Waals surface area contributed by atoms with Crippen molar-refractivity contribution in [2.75, 3.05) is 11.1 Å². The Morgan fingerprint density at radius 1 is 1.12 bits per heavy atom. The molecule has 0 aliphatic carbocycles. The van der Waals surface area contributed by atoms with E-state index in [4.69, 9.17) is 0 Å². The van der Waals surface area contributed by atoms with E-state index in [0.717, 1.165) is 16.8 Å². The van der Waals surface area contributed by atoms with Gasteiger partial charge in [0, 0.05) is 5.69 Å². The van der Waals surface area contributed by atoms with Crippen molar-refractivity contribution < 1.29 is 4.79 Å². The first-order valence-electron chi connectivity index (χ1n) is 7.50. The first-order valence-corrected chi connectivity index (χ1v) is 8.49. The third-order valence-electron chi connectivity index (χ3n) is 3.34. The Bertz CT molecular complexity index is 801. The van der Waals surface area contributed by atoms with Crippen LogP contribution in [0.3, 0.4) is 0 Å². The number of carbonyl (C=O) groups is 1. The van der Waals surface area contributed by atoms with Crippen molar-refractivity contribution in [3.63, 3.8) is 0 Å². The molecule has 2 aromatic carbocycles. The van der Waals surface area contributed by atoms with Crippen molar-refractivity contribution in [1.82, 2.24) is 20.2 Å². The third kappa shape index (κ3) is 4.42. The molecule has 0 fully saturated rings. The lowest BCUT2D eigenvalue weighted by Crippen LogP contribution is -2.14. The molecular weight excluding hydrogens is 322 g/mol. The third-order valence-corrected chi connectivity index (χ3v) is 4.30. The van der Waals surface area contributed by atoms with Crippen molar-refractivity contribution in [2.24, 2.45) is 0 Å². The van der Waals surface area contributed by atoms with Crippen LogP contribution < -0.4 is 5.32 Å². The van der Waals surface area contributed by atoms with Gasteiger partial charge in [-0.15, -0.1) is 5.10 Å². The van der Waals surface area contributed by atoms with Gasteiger partial charge >= 0.3 is 0 Å². The van der Waals surface area contributed by atoms with Gasteiger partial charge in [0.15, 0.2) is 0 Å². The number of hydrogen-bond donors (Lipinski definition) is 1. The standard InChI is InChI=1S/C17H17N5OS/c1-13-7-9-15(10-8-13)18-16(23)12-24-17-19-20-21-22(17)11-14-5-3-2-4-6-14/h2-10H,11-12H2,1H3,(H,18,23). The average Bonchev–Trinajstić information content (AvgIpc) is 3.03. The molecule has 1 heterocycles. The van der Waals surface area contributed by atoms with E-state index in [1.165, 1.54) is 11.8 Å². The van der Waals surface area contributed by atoms with Crippen LogP contribution in [0, 0.1) is 6.92 Å². The zero-order valence-electron chi connectivity index (χ0n) is 13.2. The number of hydrogen-bond acceptors (Lipinski definition) is 5. The van der Waals surface area contributed by atoms with Crippen molar-refractivity contribution in [1.29, 1.82) is 0 Å². The van der Waals surface area contributed by atoms with Crippen LogP contribution in [0.4, 0.5) is 5.69 Å². The molecule has 122 valence electrons. The Morgan fingerprint density at radius 3 is 2.62 bits per heavy atom. The number of benzene rings is 2. The van der Waals surface area contributed by atoms with E-state index < -0.39 is 0 Å². The minimum atomic E-state index is -0.0851. The SMILES string of the molecule is Cc1ccc(NC(=O)CSc2nnnn2Cc2ccccc2)cc1. The van der Waals surface area contributed by atoms with Crippen LogP contribution in [0.25, 0.3) is 0 Å². The molecule has 1 N–H and O–H groups in total. The molecule has 0 spiro atoms. The highest BCUT2D eigenvalue weighted by molar-refractivity contribution is 7.99. The molecule has 0 radical (unpaired) electrons. The van der Waals surface area contributed by atoms with Gasteiger partial charge in [-0.3, -0.25) is 4.79 Å². The molecule has 0 saturated carbocycles. The van der Waals surface area contributed by atoms with E-state index in [-0.39, 0.29) is 11.7 Å². The highest BCUT2D eigenvalue weighted by Crippen LogP contribution is 2.16. The number of anilines is 1. The number of aryl methyl sites for hydroxylation is 1. The van der Waals surface area contributed by atoms with Crippen molar-refractivity contribution in [3.05, 3.63) is 65.7 Å². The highest BCUT2D eigenvalue weighted by atomic mass is 32.2. The molecule has 1 aromatic heterocycles. The molecule has 0 unspecified atom stereocenters. The van der Waals surface area contributed by atoms with Crippen LogP contribution in [-0.4, -0.2) is 31.9 Å². The smallest absolute Gasteiger partial charge is 0.234 e. The number of nitrogens with zero attached hydrogens (tertiary/aromatic N) is 4. The predicted octanol–water partition coefficient (Wildman–Crippen LogP) is 2.76. The first kappa shape index (κ1) is 16.2. The van der Waals surface area contributed by atoms with Crippen LogP contribution in [0.2, 0.25) is 0 Å². The Morgan fingerprint density at radius 2 is 1.88 bits per heavy atom. The van der Waals surface area contributed by atoms with Crippen LogP contribution >= 0.6 is 11.8 Å². The number of amides is 1. The van der Waals surface area contributed by atoms with Crippen LogP contribution in [0.5, 0.6) is 0 Å². The minimum Gasteiger partial charge on any atom is -0.325 e. The second-order valence-electron chi connectivity index (χ2n) is 5.31. The lowest BCUT2D eigenvalue weighted by molar-refractivity contribution is -0.113. The average molecular weight is 339 g/mol. The molecule has 6 nitrogen and oxygen atoms in total. The van der Waals surface area contributed by atoms with Gasteiger partial charge in [0.25, 0.3) is 0 Å². The predicted molar refractivity (Wildman–Crippen MR) is 93.9 cm³/mol. The Balaban J connectivity index is 1.56. The van der Waals surface area contributed by atoms with Gasteiger partial charge in [-0.2, -0.15) is 0 Å². The van der Waals surface area contributed by atoms with Crippen molar-refractivity contribution in [2.45, 2.75) is 18.6 Å². The normalized spacial score (nSPS) is 10.5. The molecular formula is C17H17N5OS. The van der Waals surface area contributed by atoms with E-state index in [1.54, 1.807) is 4.68 Å². The van der Waals surface area contributed by atoms with E-state index in [9.17, 15) is 4.79 Å². The molecule has 0 bridgehead atoms. The van der Waals surface area contributed by atoms with Crippen LogP contribution in [0.1, 0.15) is 11.1 Å². The lowest BCUT2D eigenvalue weighted by atomic mass is 10.2. The van der Waals surface area contributed by atoms with E-state index in [0.29, 0.717) is 11.7 Å². The van der Waals surface area contributed by atoms with E-state index in [1.807, 2.05) is 61.5 Å². The first-order chi connectivity index (χ1) is 11.7. The molecule has 1 amide bonds. The van der Waals surface area contributed by atoms with Crippen molar-refractivity contribution >= 4 is 23.4 Å². The molecule has 0 atom stereocenters. The molecule has 3 rings (SSSR count). The molecule has 24 heavy (non-hydrogen) atoms. The number of tetrazole rings is 1. The number of nitrogens with one attached hydrogen (secondary N) is 1. The topological polar surface area (TPSA) is 72.7 Å². The summed E-state index contributed by atoms with van der Waals surface area (Å²) in [5.74, 6) is 0.168. The summed E-state index contributed by atoms with van der Waals surface area (Å²) in [6, 6.07) is 17.6. The fourth-order valence-electron chi connectivity index (χ4n) is 2.12. The second-order valence-corrected chi connectivity index (χ2v) is 6.25. The van der Waals surface area contributed by atoms with Gasteiger partial charge in [0.1, 0.15) is 0 Å². The van der Waals surface area contributed by atoms with Crippen LogP contribution in [0.15, 0.2) is 59.8 Å². The number of aromatic nitrogens is 4. The summed E-state index contributed by atoms with van der Waals surface area (Å²) in [4.78, 5) is 12.1. The largest absolute Gasteiger partial charge is 0.325 e. The lowest BCUT2D eigenvalue weighted by Gasteiger charge is -2.06. The summed E-state index contributed by atoms with van der Waals surface area (Å²) < 4.78 is 1.69. The van der Waals surface area contributed by atoms with E-state index in [2.05, 4.69) is 20.8 Å². The molecule has 0 aliphatic heterocycles. The summed E-state index contributed by atoms with van der Waals surface area (Å²) in [6.07, 6.45) is 0. The maximum Gasteiger partial charge on any atom is 0.234 e. The fourth-order valence-corrected chi connectivity index (χ4v) is 2.80. The highest BCUT2D eigenvalue weighted by Gasteiger charge is 2.10. The monoisotopic (exact) mass is 339 g/mol. The van der Waals surface area contributed by atoms with Crippen molar-refractivity contribution in [3.8, 4) is 0 Å². The number of carbonyl (C=O) groups excluding carboxylic acids is 1. The second kappa shape index (κ2) is 7.74. The van der Waals surface area contributed by atoms with Gasteiger partial charge in [-0.25, -0.2) is 4.68 Å². The van der Waals surface area contributed by atoms with Gasteiger partial charge in [0.2, 0.25) is 11.1 Å². The maximum absolute atomic E-state index is 12.1. The Kier molecular flexibility index (Phi) is 5.22. The summed E-state index contributed by atoms with van der Waals surface area (Å²) in [5.41, 5.74) is 3.05. The summed E-state index contributed by atoms with van der Waals surface area (Å²) in [5, 5.41) is 15.2. The van der Waals surface area contributed by atoms with E-state index >= 15 is 0 Å². The van der Waals surface area contributed by atoms with Gasteiger partial charge in [-0.05, 0) is 35.0 Å².